The number of hydrogen-bond donors (Lipinski definition) is 0. The maximum absolute atomic E-state index is 13.0. The van der Waals surface area contributed by atoms with Crippen LogP contribution in [0.4, 0.5) is 4.39 Å². The predicted octanol–water partition coefficient (Wildman–Crippen LogP) is 3.77. The lowest BCUT2D eigenvalue weighted by Gasteiger charge is -2.03. The average molecular weight is 364 g/mol. The molecule has 0 radical (unpaired) electrons. The van der Waals surface area contributed by atoms with E-state index < -0.39 is 15.8 Å². The van der Waals surface area contributed by atoms with Gasteiger partial charge in [0.1, 0.15) is 5.82 Å². The van der Waals surface area contributed by atoms with Crippen molar-refractivity contribution in [3.05, 3.63) is 58.1 Å². The average Bonchev–Trinajstić information content (AvgIpc) is 2.83. The Morgan fingerprint density at radius 3 is 2.38 bits per heavy atom. The first-order valence-electron chi connectivity index (χ1n) is 7.49. The van der Waals surface area contributed by atoms with E-state index in [0.29, 0.717) is 11.3 Å². The fourth-order valence-corrected chi connectivity index (χ4v) is 4.84. The van der Waals surface area contributed by atoms with E-state index in [1.807, 2.05) is 37.5 Å². The molecule has 24 heavy (non-hydrogen) atoms. The highest BCUT2D eigenvalue weighted by molar-refractivity contribution is 7.90. The minimum absolute atomic E-state index is 0.0172. The first-order valence-corrected chi connectivity index (χ1v) is 9.74. The Hall–Kier alpha value is -1.99. The molecule has 1 aromatic heterocycles. The van der Waals surface area contributed by atoms with Crippen molar-refractivity contribution in [1.82, 2.24) is 4.57 Å². The minimum Gasteiger partial charge on any atom is -0.316 e. The number of halogens is 1. The normalized spacial score (nSPS) is 12.9. The molecule has 2 aromatic carbocycles. The van der Waals surface area contributed by atoms with Crippen LogP contribution < -0.4 is 4.80 Å². The number of hydrogen-bond acceptors (Lipinski definition) is 3. The summed E-state index contributed by atoms with van der Waals surface area (Å²) in [6, 6.07) is 8.79. The molecule has 3 rings (SSSR count). The van der Waals surface area contributed by atoms with Gasteiger partial charge in [-0.1, -0.05) is 11.3 Å². The van der Waals surface area contributed by atoms with Gasteiger partial charge in [-0.15, -0.1) is 4.40 Å². The summed E-state index contributed by atoms with van der Waals surface area (Å²) in [6.07, 6.45) is 0. The zero-order valence-electron chi connectivity index (χ0n) is 13.6. The Labute approximate surface area is 144 Å². The molecule has 3 aromatic rings. The van der Waals surface area contributed by atoms with Gasteiger partial charge in [0.2, 0.25) is 4.80 Å². The lowest BCUT2D eigenvalue weighted by molar-refractivity contribution is 0.594. The zero-order chi connectivity index (χ0) is 17.5. The van der Waals surface area contributed by atoms with Crippen LogP contribution in [0.25, 0.3) is 10.2 Å². The quantitative estimate of drug-likeness (QED) is 0.710. The number of thiazole rings is 1. The summed E-state index contributed by atoms with van der Waals surface area (Å²) in [4.78, 5) is 0.401. The Bertz CT molecular complexity index is 1080. The van der Waals surface area contributed by atoms with Gasteiger partial charge in [-0.25, -0.2) is 4.39 Å². The second kappa shape index (κ2) is 6.14. The van der Waals surface area contributed by atoms with Crippen molar-refractivity contribution in [3.8, 4) is 0 Å². The summed E-state index contributed by atoms with van der Waals surface area (Å²) in [5, 5.41) is 0. The first kappa shape index (κ1) is 16.9. The van der Waals surface area contributed by atoms with Crippen LogP contribution in [0, 0.1) is 19.7 Å². The van der Waals surface area contributed by atoms with Gasteiger partial charge in [0.15, 0.2) is 0 Å². The fourth-order valence-electron chi connectivity index (χ4n) is 2.46. The molecular weight excluding hydrogens is 347 g/mol. The molecule has 1 heterocycles. The van der Waals surface area contributed by atoms with Crippen molar-refractivity contribution < 1.29 is 12.8 Å². The van der Waals surface area contributed by atoms with Gasteiger partial charge in [-0.2, -0.15) is 8.42 Å². The van der Waals surface area contributed by atoms with E-state index in [1.165, 1.54) is 23.5 Å². The van der Waals surface area contributed by atoms with Crippen LogP contribution in [-0.4, -0.2) is 13.0 Å². The van der Waals surface area contributed by atoms with Crippen molar-refractivity contribution >= 4 is 31.6 Å². The third-order valence-electron chi connectivity index (χ3n) is 3.92. The van der Waals surface area contributed by atoms with Crippen molar-refractivity contribution in [2.24, 2.45) is 4.40 Å². The van der Waals surface area contributed by atoms with Crippen molar-refractivity contribution in [2.45, 2.75) is 32.2 Å². The Morgan fingerprint density at radius 2 is 1.75 bits per heavy atom. The van der Waals surface area contributed by atoms with Crippen LogP contribution in [0.2, 0.25) is 0 Å². The Kier molecular flexibility index (Phi) is 4.31. The summed E-state index contributed by atoms with van der Waals surface area (Å²) in [5.74, 6) is -0.481. The molecule has 0 unspecified atom stereocenters. The molecule has 4 nitrogen and oxygen atoms in total. The van der Waals surface area contributed by atoms with Gasteiger partial charge in [0.05, 0.1) is 15.1 Å². The van der Waals surface area contributed by atoms with E-state index in [4.69, 9.17) is 0 Å². The fraction of sp³-hybridized carbons (Fsp3) is 0.235. The molecule has 0 saturated carbocycles. The van der Waals surface area contributed by atoms with E-state index in [9.17, 15) is 12.8 Å². The van der Waals surface area contributed by atoms with Crippen LogP contribution in [0.15, 0.2) is 45.7 Å². The number of benzene rings is 2. The second-order valence-electron chi connectivity index (χ2n) is 5.55. The molecule has 7 heteroatoms. The molecule has 0 aliphatic carbocycles. The van der Waals surface area contributed by atoms with E-state index in [-0.39, 0.29) is 4.90 Å². The number of aryl methyl sites for hydroxylation is 3. The molecule has 0 bridgehead atoms. The lowest BCUT2D eigenvalue weighted by Crippen LogP contribution is -2.16. The largest absolute Gasteiger partial charge is 0.316 e. The van der Waals surface area contributed by atoms with Crippen LogP contribution in [0.5, 0.6) is 0 Å². The molecule has 0 aliphatic heterocycles. The van der Waals surface area contributed by atoms with Gasteiger partial charge in [-0.05, 0) is 68.3 Å². The van der Waals surface area contributed by atoms with Gasteiger partial charge in [0.25, 0.3) is 10.0 Å². The summed E-state index contributed by atoms with van der Waals surface area (Å²) in [7, 11) is -3.88. The third kappa shape index (κ3) is 3.01. The number of nitrogens with zero attached hydrogens (tertiary/aromatic N) is 2. The maximum Gasteiger partial charge on any atom is 0.285 e. The number of aromatic nitrogens is 1. The molecule has 0 atom stereocenters. The highest BCUT2D eigenvalue weighted by Crippen LogP contribution is 2.22. The van der Waals surface area contributed by atoms with Gasteiger partial charge in [-0.3, -0.25) is 0 Å². The summed E-state index contributed by atoms with van der Waals surface area (Å²) in [6.45, 7) is 6.61. The Balaban J connectivity index is 2.24. The predicted molar refractivity (Wildman–Crippen MR) is 94.1 cm³/mol. The van der Waals surface area contributed by atoms with Crippen molar-refractivity contribution in [3.63, 3.8) is 0 Å². The smallest absolute Gasteiger partial charge is 0.285 e. The molecule has 0 saturated heterocycles. The number of rotatable bonds is 3. The minimum atomic E-state index is -3.88. The monoisotopic (exact) mass is 364 g/mol. The number of fused-ring (bicyclic) bond motifs is 1. The molecule has 0 aliphatic rings. The van der Waals surface area contributed by atoms with Crippen molar-refractivity contribution in [2.75, 3.05) is 0 Å². The molecule has 0 N–H and O–H groups in total. The molecular formula is C17H17FN2O2S2. The molecule has 0 amide bonds. The van der Waals surface area contributed by atoms with Crippen LogP contribution >= 0.6 is 11.3 Å². The van der Waals surface area contributed by atoms with Crippen LogP contribution in [0.3, 0.4) is 0 Å². The van der Waals surface area contributed by atoms with Gasteiger partial charge < -0.3 is 4.57 Å². The molecule has 0 fully saturated rings. The van der Waals surface area contributed by atoms with E-state index in [0.717, 1.165) is 33.5 Å². The summed E-state index contributed by atoms with van der Waals surface area (Å²) < 4.78 is 44.9. The Morgan fingerprint density at radius 1 is 1.12 bits per heavy atom. The summed E-state index contributed by atoms with van der Waals surface area (Å²) in [5.41, 5.74) is 3.27. The standard InChI is InChI=1S/C17H17FN2O2S2/c1-4-20-15-9-11(2)12(3)10-16(15)23-17(20)19-24(21,22)14-7-5-13(18)6-8-14/h5-10H,4H2,1-3H3. The van der Waals surface area contributed by atoms with Crippen LogP contribution in [-0.2, 0) is 16.6 Å². The van der Waals surface area contributed by atoms with Crippen molar-refractivity contribution in [1.29, 1.82) is 0 Å². The van der Waals surface area contributed by atoms with E-state index >= 15 is 0 Å². The molecule has 0 spiro atoms. The SMILES string of the molecule is CCn1c(=NS(=O)(=O)c2ccc(F)cc2)sc2cc(C)c(C)cc21. The highest BCUT2D eigenvalue weighted by Gasteiger charge is 2.15. The zero-order valence-corrected chi connectivity index (χ0v) is 15.2. The third-order valence-corrected chi connectivity index (χ3v) is 6.36. The highest BCUT2D eigenvalue weighted by atomic mass is 32.2. The van der Waals surface area contributed by atoms with E-state index in [2.05, 4.69) is 4.40 Å². The second-order valence-corrected chi connectivity index (χ2v) is 8.17. The topological polar surface area (TPSA) is 51.4 Å². The first-order chi connectivity index (χ1) is 11.3. The van der Waals surface area contributed by atoms with E-state index in [1.54, 1.807) is 0 Å². The maximum atomic E-state index is 13.0. The van der Waals surface area contributed by atoms with Crippen LogP contribution in [0.1, 0.15) is 18.1 Å². The molecule has 126 valence electrons. The van der Waals surface area contributed by atoms with Gasteiger partial charge >= 0.3 is 0 Å². The number of sulfonamides is 1. The summed E-state index contributed by atoms with van der Waals surface area (Å²) >= 11 is 1.34. The van der Waals surface area contributed by atoms with Gasteiger partial charge in [0, 0.05) is 6.54 Å². The lowest BCUT2D eigenvalue weighted by atomic mass is 10.1.